The van der Waals surface area contributed by atoms with Crippen LogP contribution in [0, 0.1) is 6.92 Å². The minimum atomic E-state index is -3.47. The highest BCUT2D eigenvalue weighted by Gasteiger charge is 2.22. The molecular weight excluding hydrogens is 459 g/mol. The maximum atomic E-state index is 12.5. The highest BCUT2D eigenvalue weighted by molar-refractivity contribution is 7.90. The van der Waals surface area contributed by atoms with Crippen LogP contribution in [-0.2, 0) is 9.84 Å². The minimum absolute atomic E-state index is 0.0431. The van der Waals surface area contributed by atoms with Gasteiger partial charge in [-0.15, -0.1) is 0 Å². The SMILES string of the molecule is Cc1c(Cl)ccc(OC2CCN(CCNC(=O)c3ccccc3S(C)(=O)=O)CC2)c1Cl. The minimum Gasteiger partial charge on any atom is -0.489 e. The number of likely N-dealkylation sites (tertiary alicyclic amines) is 1. The number of piperidine rings is 1. The van der Waals surface area contributed by atoms with E-state index in [1.807, 2.05) is 6.92 Å². The third-order valence-corrected chi connectivity index (χ3v) is 7.39. The molecule has 1 fully saturated rings. The van der Waals surface area contributed by atoms with Crippen LogP contribution in [0.25, 0.3) is 0 Å². The third-order valence-electron chi connectivity index (χ3n) is 5.36. The first kappa shape index (κ1) is 23.9. The molecule has 0 radical (unpaired) electrons. The predicted octanol–water partition coefficient (Wildman–Crippen LogP) is 3.98. The van der Waals surface area contributed by atoms with E-state index in [0.717, 1.165) is 37.8 Å². The molecule has 1 heterocycles. The number of nitrogens with zero attached hydrogens (tertiary/aromatic N) is 1. The Bertz CT molecular complexity index is 1050. The van der Waals surface area contributed by atoms with Gasteiger partial charge in [-0.25, -0.2) is 8.42 Å². The fourth-order valence-corrected chi connectivity index (χ4v) is 4.86. The normalized spacial score (nSPS) is 15.6. The van der Waals surface area contributed by atoms with Crippen LogP contribution in [-0.4, -0.2) is 57.8 Å². The van der Waals surface area contributed by atoms with Crippen LogP contribution in [0.1, 0.15) is 28.8 Å². The molecule has 0 aliphatic carbocycles. The Morgan fingerprint density at radius 2 is 1.84 bits per heavy atom. The zero-order valence-electron chi connectivity index (χ0n) is 17.5. The van der Waals surface area contributed by atoms with Crippen molar-refractivity contribution < 1.29 is 17.9 Å². The second kappa shape index (κ2) is 10.2. The Morgan fingerprint density at radius 3 is 2.52 bits per heavy atom. The summed E-state index contributed by atoms with van der Waals surface area (Å²) in [6.07, 6.45) is 2.88. The molecule has 31 heavy (non-hydrogen) atoms. The molecule has 0 bridgehead atoms. The van der Waals surface area contributed by atoms with E-state index in [1.54, 1.807) is 24.3 Å². The summed E-state index contributed by atoms with van der Waals surface area (Å²) >= 11 is 12.4. The van der Waals surface area contributed by atoms with E-state index in [0.29, 0.717) is 28.9 Å². The van der Waals surface area contributed by atoms with Crippen LogP contribution >= 0.6 is 23.2 Å². The molecule has 6 nitrogen and oxygen atoms in total. The van der Waals surface area contributed by atoms with Crippen LogP contribution in [0.4, 0.5) is 0 Å². The summed E-state index contributed by atoms with van der Waals surface area (Å²) in [6.45, 7) is 4.66. The van der Waals surface area contributed by atoms with Gasteiger partial charge in [0.25, 0.3) is 5.91 Å². The molecule has 0 unspecified atom stereocenters. The Morgan fingerprint density at radius 1 is 1.16 bits per heavy atom. The first-order valence-corrected chi connectivity index (χ1v) is 12.7. The van der Waals surface area contributed by atoms with Crippen LogP contribution in [0.15, 0.2) is 41.3 Å². The standard InChI is InChI=1S/C22H26Cl2N2O4S/c1-15-18(23)7-8-19(21(15)24)30-16-9-12-26(13-10-16)14-11-25-22(27)17-5-3-4-6-20(17)31(2,28)29/h3-8,16H,9-14H2,1-2H3,(H,25,27). The van der Waals surface area contributed by atoms with Crippen molar-refractivity contribution in [3.05, 3.63) is 57.6 Å². The van der Waals surface area contributed by atoms with Crippen molar-refractivity contribution >= 4 is 38.9 Å². The topological polar surface area (TPSA) is 75.7 Å². The highest BCUT2D eigenvalue weighted by atomic mass is 35.5. The van der Waals surface area contributed by atoms with Crippen molar-refractivity contribution in [2.24, 2.45) is 0 Å². The average molecular weight is 485 g/mol. The van der Waals surface area contributed by atoms with Gasteiger partial charge in [0.05, 0.1) is 15.5 Å². The molecule has 1 N–H and O–H groups in total. The lowest BCUT2D eigenvalue weighted by Crippen LogP contribution is -2.42. The van der Waals surface area contributed by atoms with E-state index in [9.17, 15) is 13.2 Å². The molecule has 1 aliphatic heterocycles. The predicted molar refractivity (Wildman–Crippen MR) is 123 cm³/mol. The molecule has 1 amide bonds. The van der Waals surface area contributed by atoms with Crippen molar-refractivity contribution in [1.29, 1.82) is 0 Å². The van der Waals surface area contributed by atoms with E-state index in [4.69, 9.17) is 27.9 Å². The van der Waals surface area contributed by atoms with Crippen LogP contribution in [0.3, 0.4) is 0 Å². The van der Waals surface area contributed by atoms with Gasteiger partial charge in [-0.2, -0.15) is 0 Å². The fourth-order valence-electron chi connectivity index (χ4n) is 3.56. The molecule has 0 saturated carbocycles. The Kier molecular flexibility index (Phi) is 7.86. The summed E-state index contributed by atoms with van der Waals surface area (Å²) in [7, 11) is -3.47. The number of carbonyl (C=O) groups excluding carboxylic acids is 1. The smallest absolute Gasteiger partial charge is 0.252 e. The molecular formula is C22H26Cl2N2O4S. The number of hydrogen-bond acceptors (Lipinski definition) is 5. The van der Waals surface area contributed by atoms with Gasteiger partial charge in [-0.1, -0.05) is 35.3 Å². The fraction of sp³-hybridized carbons (Fsp3) is 0.409. The Balaban J connectivity index is 1.46. The highest BCUT2D eigenvalue weighted by Crippen LogP contribution is 2.34. The zero-order valence-corrected chi connectivity index (χ0v) is 19.9. The summed E-state index contributed by atoms with van der Waals surface area (Å²) in [5.41, 5.74) is 0.985. The van der Waals surface area contributed by atoms with Gasteiger partial charge in [0.1, 0.15) is 11.9 Å². The van der Waals surface area contributed by atoms with E-state index in [2.05, 4.69) is 10.2 Å². The molecule has 2 aromatic carbocycles. The summed E-state index contributed by atoms with van der Waals surface area (Å²) in [6, 6.07) is 9.83. The lowest BCUT2D eigenvalue weighted by molar-refractivity contribution is 0.0903. The number of amides is 1. The van der Waals surface area contributed by atoms with Gasteiger partial charge in [0.2, 0.25) is 0 Å². The molecule has 0 atom stereocenters. The quantitative estimate of drug-likeness (QED) is 0.642. The van der Waals surface area contributed by atoms with Crippen LogP contribution in [0.5, 0.6) is 5.75 Å². The number of nitrogens with one attached hydrogen (secondary N) is 1. The van der Waals surface area contributed by atoms with Crippen molar-refractivity contribution in [3.63, 3.8) is 0 Å². The number of rotatable bonds is 7. The second-order valence-electron chi connectivity index (χ2n) is 7.67. The van der Waals surface area contributed by atoms with Gasteiger partial charge >= 0.3 is 0 Å². The van der Waals surface area contributed by atoms with Gasteiger partial charge in [0, 0.05) is 37.5 Å². The number of carbonyl (C=O) groups is 1. The van der Waals surface area contributed by atoms with Crippen molar-refractivity contribution in [2.45, 2.75) is 30.8 Å². The van der Waals surface area contributed by atoms with Gasteiger partial charge in [-0.05, 0) is 49.6 Å². The summed E-state index contributed by atoms with van der Waals surface area (Å²) in [5.74, 6) is 0.269. The molecule has 0 spiro atoms. The monoisotopic (exact) mass is 484 g/mol. The summed E-state index contributed by atoms with van der Waals surface area (Å²) in [4.78, 5) is 14.7. The number of halogens is 2. The Labute approximate surface area is 193 Å². The van der Waals surface area contributed by atoms with Gasteiger partial charge < -0.3 is 15.0 Å². The summed E-state index contributed by atoms with van der Waals surface area (Å²) < 4.78 is 29.8. The van der Waals surface area contributed by atoms with Crippen molar-refractivity contribution in [3.8, 4) is 5.75 Å². The molecule has 9 heteroatoms. The maximum absolute atomic E-state index is 12.5. The van der Waals surface area contributed by atoms with E-state index >= 15 is 0 Å². The second-order valence-corrected chi connectivity index (χ2v) is 10.4. The number of sulfone groups is 1. The van der Waals surface area contributed by atoms with E-state index in [-0.39, 0.29) is 22.5 Å². The van der Waals surface area contributed by atoms with Gasteiger partial charge in [0.15, 0.2) is 9.84 Å². The average Bonchev–Trinajstić information content (AvgIpc) is 2.74. The molecule has 168 valence electrons. The third kappa shape index (κ3) is 6.13. The van der Waals surface area contributed by atoms with E-state index in [1.165, 1.54) is 12.1 Å². The van der Waals surface area contributed by atoms with Crippen molar-refractivity contribution in [2.75, 3.05) is 32.4 Å². The largest absolute Gasteiger partial charge is 0.489 e. The molecule has 3 rings (SSSR count). The molecule has 2 aromatic rings. The van der Waals surface area contributed by atoms with Crippen LogP contribution < -0.4 is 10.1 Å². The van der Waals surface area contributed by atoms with E-state index < -0.39 is 9.84 Å². The first-order valence-electron chi connectivity index (χ1n) is 10.1. The lowest BCUT2D eigenvalue weighted by Gasteiger charge is -2.32. The lowest BCUT2D eigenvalue weighted by atomic mass is 10.1. The molecule has 1 aliphatic rings. The Hall–Kier alpha value is -1.80. The maximum Gasteiger partial charge on any atom is 0.252 e. The van der Waals surface area contributed by atoms with Crippen molar-refractivity contribution in [1.82, 2.24) is 10.2 Å². The zero-order chi connectivity index (χ0) is 22.6. The first-order chi connectivity index (χ1) is 14.7. The van der Waals surface area contributed by atoms with Gasteiger partial charge in [-0.3, -0.25) is 4.79 Å². The number of benzene rings is 2. The number of hydrogen-bond donors (Lipinski definition) is 1. The molecule has 0 aromatic heterocycles. The summed E-state index contributed by atoms with van der Waals surface area (Å²) in [5, 5.41) is 3.99. The molecule has 1 saturated heterocycles. The number of ether oxygens (including phenoxy) is 1. The van der Waals surface area contributed by atoms with Crippen LogP contribution in [0.2, 0.25) is 10.0 Å².